The Morgan fingerprint density at radius 3 is 2.83 bits per heavy atom. The molecule has 1 saturated carbocycles. The minimum atomic E-state index is -3.67. The summed E-state index contributed by atoms with van der Waals surface area (Å²) in [5, 5.41) is 0.931. The van der Waals surface area contributed by atoms with Gasteiger partial charge in [-0.25, -0.2) is 23.1 Å². The summed E-state index contributed by atoms with van der Waals surface area (Å²) in [5.74, 6) is 0.890. The summed E-state index contributed by atoms with van der Waals surface area (Å²) in [7, 11) is -6.69. The van der Waals surface area contributed by atoms with Crippen LogP contribution in [-0.2, 0) is 20.0 Å². The molecule has 2 saturated heterocycles. The van der Waals surface area contributed by atoms with Gasteiger partial charge >= 0.3 is 0 Å². The second kappa shape index (κ2) is 6.62. The SMILES string of the molecule is O=S1(=O)CCC(CNS(=O)(=O)N2CCN(c3ncnc4[nH]ccc34)CC23CC3)C1. The molecule has 0 bridgehead atoms. The van der Waals surface area contributed by atoms with E-state index in [9.17, 15) is 16.8 Å². The first-order valence-corrected chi connectivity index (χ1v) is 13.1. The number of fused-ring (bicyclic) bond motifs is 1. The molecule has 3 fully saturated rings. The minimum Gasteiger partial charge on any atom is -0.353 e. The number of H-pyrrole nitrogens is 1. The van der Waals surface area contributed by atoms with Gasteiger partial charge in [-0.1, -0.05) is 0 Å². The molecule has 158 valence electrons. The van der Waals surface area contributed by atoms with Crippen LogP contribution in [0, 0.1) is 5.92 Å². The third kappa shape index (κ3) is 3.51. The quantitative estimate of drug-likeness (QED) is 0.663. The summed E-state index contributed by atoms with van der Waals surface area (Å²) in [4.78, 5) is 13.9. The van der Waals surface area contributed by atoms with Gasteiger partial charge in [0.2, 0.25) is 0 Å². The lowest BCUT2D eigenvalue weighted by Gasteiger charge is -2.41. The van der Waals surface area contributed by atoms with Crippen LogP contribution in [0.4, 0.5) is 5.82 Å². The van der Waals surface area contributed by atoms with Gasteiger partial charge in [-0.05, 0) is 31.2 Å². The van der Waals surface area contributed by atoms with Crippen LogP contribution in [0.2, 0.25) is 0 Å². The second-order valence-electron chi connectivity index (χ2n) is 8.28. The standard InChI is InChI=1S/C17H24N6O4S2/c24-28(25)8-2-13(10-28)9-21-29(26,27)23-7-6-22(11-17(23)3-4-17)16-14-1-5-18-15(14)19-12-20-16/h1,5,12-13,21H,2-4,6-11H2,(H,18,19,20). The van der Waals surface area contributed by atoms with Crippen molar-refractivity contribution in [3.8, 4) is 0 Å². The fourth-order valence-corrected chi connectivity index (χ4v) is 8.05. The molecule has 5 rings (SSSR count). The fourth-order valence-electron chi connectivity index (χ4n) is 4.51. The first-order valence-electron chi connectivity index (χ1n) is 9.79. The minimum absolute atomic E-state index is 0.0643. The first-order chi connectivity index (χ1) is 13.8. The number of anilines is 1. The van der Waals surface area contributed by atoms with Crippen molar-refractivity contribution in [1.82, 2.24) is 24.0 Å². The van der Waals surface area contributed by atoms with E-state index in [1.165, 1.54) is 6.33 Å². The van der Waals surface area contributed by atoms with Gasteiger partial charge in [0.05, 0.1) is 22.4 Å². The van der Waals surface area contributed by atoms with Crippen molar-refractivity contribution in [2.45, 2.75) is 24.8 Å². The maximum Gasteiger partial charge on any atom is 0.280 e. The van der Waals surface area contributed by atoms with Crippen molar-refractivity contribution in [1.29, 1.82) is 0 Å². The van der Waals surface area contributed by atoms with E-state index in [0.29, 0.717) is 26.1 Å². The summed E-state index contributed by atoms with van der Waals surface area (Å²) in [6.45, 7) is 1.67. The van der Waals surface area contributed by atoms with Crippen LogP contribution in [0.5, 0.6) is 0 Å². The molecular formula is C17H24N6O4S2. The van der Waals surface area contributed by atoms with E-state index < -0.39 is 25.6 Å². The van der Waals surface area contributed by atoms with E-state index in [2.05, 4.69) is 24.6 Å². The molecule has 12 heteroatoms. The molecule has 10 nitrogen and oxygen atoms in total. The first kappa shape index (κ1) is 19.2. The molecule has 0 radical (unpaired) electrons. The average molecular weight is 441 g/mol. The predicted molar refractivity (Wildman–Crippen MR) is 108 cm³/mol. The molecule has 2 aromatic heterocycles. The third-order valence-electron chi connectivity index (χ3n) is 6.22. The average Bonchev–Trinajstić information content (AvgIpc) is 3.11. The topological polar surface area (TPSA) is 128 Å². The lowest BCUT2D eigenvalue weighted by atomic mass is 10.1. The number of sulfone groups is 1. The number of nitrogens with zero attached hydrogens (tertiary/aromatic N) is 4. The van der Waals surface area contributed by atoms with Crippen molar-refractivity contribution in [2.75, 3.05) is 42.6 Å². The van der Waals surface area contributed by atoms with Crippen molar-refractivity contribution in [3.05, 3.63) is 18.6 Å². The van der Waals surface area contributed by atoms with E-state index in [1.807, 2.05) is 12.3 Å². The monoisotopic (exact) mass is 440 g/mol. The van der Waals surface area contributed by atoms with E-state index in [-0.39, 0.29) is 24.0 Å². The lowest BCUT2D eigenvalue weighted by Crippen LogP contribution is -2.60. The molecule has 1 spiro atoms. The number of piperazine rings is 1. The van der Waals surface area contributed by atoms with Crippen molar-refractivity contribution in [2.24, 2.45) is 5.92 Å². The highest BCUT2D eigenvalue weighted by Gasteiger charge is 2.56. The van der Waals surface area contributed by atoms with Gasteiger partial charge in [-0.2, -0.15) is 12.7 Å². The molecule has 4 heterocycles. The molecule has 1 atom stereocenters. The molecule has 2 aromatic rings. The second-order valence-corrected chi connectivity index (χ2v) is 12.2. The van der Waals surface area contributed by atoms with Crippen molar-refractivity contribution < 1.29 is 16.8 Å². The van der Waals surface area contributed by atoms with E-state index >= 15 is 0 Å². The van der Waals surface area contributed by atoms with Crippen LogP contribution >= 0.6 is 0 Å². The molecule has 29 heavy (non-hydrogen) atoms. The Morgan fingerprint density at radius 2 is 2.10 bits per heavy atom. The maximum atomic E-state index is 13.0. The normalized spacial score (nSPS) is 26.3. The number of nitrogens with one attached hydrogen (secondary N) is 2. The summed E-state index contributed by atoms with van der Waals surface area (Å²) in [5.41, 5.74) is 0.349. The maximum absolute atomic E-state index is 13.0. The zero-order chi connectivity index (χ0) is 20.3. The summed E-state index contributed by atoms with van der Waals surface area (Å²) >= 11 is 0. The van der Waals surface area contributed by atoms with Gasteiger partial charge in [0, 0.05) is 32.4 Å². The van der Waals surface area contributed by atoms with Crippen LogP contribution in [0.15, 0.2) is 18.6 Å². The molecular weight excluding hydrogens is 416 g/mol. The number of hydrogen-bond donors (Lipinski definition) is 2. The van der Waals surface area contributed by atoms with Gasteiger partial charge in [-0.3, -0.25) is 0 Å². The molecule has 0 aromatic carbocycles. The van der Waals surface area contributed by atoms with Crippen LogP contribution in [0.25, 0.3) is 11.0 Å². The Bertz CT molecular complexity index is 1140. The molecule has 2 aliphatic heterocycles. The zero-order valence-electron chi connectivity index (χ0n) is 15.9. The van der Waals surface area contributed by atoms with E-state index in [0.717, 1.165) is 29.7 Å². The summed E-state index contributed by atoms with van der Waals surface area (Å²) < 4.78 is 53.5. The molecule has 1 aliphatic carbocycles. The molecule has 0 amide bonds. The van der Waals surface area contributed by atoms with Crippen LogP contribution < -0.4 is 9.62 Å². The van der Waals surface area contributed by atoms with Crippen LogP contribution in [0.1, 0.15) is 19.3 Å². The molecule has 3 aliphatic rings. The summed E-state index contributed by atoms with van der Waals surface area (Å²) in [6, 6.07) is 1.94. The van der Waals surface area contributed by atoms with Gasteiger partial charge < -0.3 is 9.88 Å². The highest BCUT2D eigenvalue weighted by molar-refractivity contribution is 7.91. The Kier molecular flexibility index (Phi) is 4.39. The van der Waals surface area contributed by atoms with E-state index in [4.69, 9.17) is 0 Å². The fraction of sp³-hybridized carbons (Fsp3) is 0.647. The van der Waals surface area contributed by atoms with Gasteiger partial charge in [0.25, 0.3) is 10.2 Å². The highest BCUT2D eigenvalue weighted by atomic mass is 32.2. The van der Waals surface area contributed by atoms with Crippen molar-refractivity contribution in [3.63, 3.8) is 0 Å². The smallest absolute Gasteiger partial charge is 0.280 e. The Hall–Kier alpha value is -1.76. The Morgan fingerprint density at radius 1 is 1.28 bits per heavy atom. The lowest BCUT2D eigenvalue weighted by molar-refractivity contribution is 0.266. The summed E-state index contributed by atoms with van der Waals surface area (Å²) in [6.07, 6.45) is 5.48. The third-order valence-corrected chi connectivity index (χ3v) is 9.74. The number of aromatic amines is 1. The predicted octanol–water partition coefficient (Wildman–Crippen LogP) is -0.118. The number of rotatable bonds is 5. The Balaban J connectivity index is 1.30. The zero-order valence-corrected chi connectivity index (χ0v) is 17.5. The largest absolute Gasteiger partial charge is 0.353 e. The van der Waals surface area contributed by atoms with Crippen molar-refractivity contribution >= 4 is 36.9 Å². The van der Waals surface area contributed by atoms with Crippen LogP contribution in [0.3, 0.4) is 0 Å². The highest BCUT2D eigenvalue weighted by Crippen LogP contribution is 2.46. The number of aromatic nitrogens is 3. The number of hydrogen-bond acceptors (Lipinski definition) is 7. The van der Waals surface area contributed by atoms with Gasteiger partial charge in [0.1, 0.15) is 17.8 Å². The molecule has 2 N–H and O–H groups in total. The van der Waals surface area contributed by atoms with Crippen LogP contribution in [-0.4, -0.2) is 79.3 Å². The molecule has 1 unspecified atom stereocenters. The van der Waals surface area contributed by atoms with Gasteiger partial charge in [-0.15, -0.1) is 0 Å². The Labute approximate surface area is 169 Å². The van der Waals surface area contributed by atoms with Gasteiger partial charge in [0.15, 0.2) is 9.84 Å². The van der Waals surface area contributed by atoms with E-state index in [1.54, 1.807) is 4.31 Å².